The summed E-state index contributed by atoms with van der Waals surface area (Å²) in [5.74, 6) is -2.22. The number of amides is 2. The first-order chi connectivity index (χ1) is 22.5. The first-order valence-electron chi connectivity index (χ1n) is 16.9. The van der Waals surface area contributed by atoms with Crippen molar-refractivity contribution in [2.45, 2.75) is 52.4 Å². The van der Waals surface area contributed by atoms with Gasteiger partial charge in [-0.2, -0.15) is 0 Å². The van der Waals surface area contributed by atoms with Crippen LogP contribution in [-0.4, -0.2) is 164 Å². The van der Waals surface area contributed by atoms with Crippen molar-refractivity contribution in [3.63, 3.8) is 0 Å². The third kappa shape index (κ3) is 22.2. The third-order valence-electron chi connectivity index (χ3n) is 7.89. The highest BCUT2D eigenvalue weighted by Gasteiger charge is 2.20. The zero-order valence-electron chi connectivity index (χ0n) is 28.6. The Kier molecular flexibility index (Phi) is 23.2. The number of carbonyl (C=O) groups is 4. The molecule has 1 fully saturated rings. The van der Waals surface area contributed by atoms with Crippen LogP contribution < -0.4 is 21.7 Å². The molecule has 1 heterocycles. The molecule has 0 aromatic rings. The van der Waals surface area contributed by atoms with Crippen LogP contribution in [0.5, 0.6) is 0 Å². The van der Waals surface area contributed by atoms with Crippen molar-refractivity contribution >= 4 is 23.9 Å². The SMILES string of the molecule is CC/C(=C\C=C(/C)NC(=O)CN1CCCCN(C(=O)O)CCN(CC(=O)O)CCN(CC(=O)O)CC1)CNCCCNCCCCN. The van der Waals surface area contributed by atoms with Crippen LogP contribution >= 0.6 is 0 Å². The minimum atomic E-state index is -1.07. The van der Waals surface area contributed by atoms with Gasteiger partial charge in [0.25, 0.3) is 0 Å². The van der Waals surface area contributed by atoms with E-state index in [0.717, 1.165) is 58.4 Å². The van der Waals surface area contributed by atoms with Gasteiger partial charge in [-0.25, -0.2) is 4.79 Å². The Morgan fingerprint density at radius 3 is 1.83 bits per heavy atom. The normalized spacial score (nSPS) is 17.3. The second-order valence-corrected chi connectivity index (χ2v) is 11.9. The van der Waals surface area contributed by atoms with Crippen LogP contribution in [0.4, 0.5) is 4.79 Å². The van der Waals surface area contributed by atoms with Crippen molar-refractivity contribution in [2.24, 2.45) is 5.73 Å². The Hall–Kier alpha value is -3.08. The Bertz CT molecular complexity index is 994. The summed E-state index contributed by atoms with van der Waals surface area (Å²) in [6.07, 6.45) is 8.14. The average molecular weight is 669 g/mol. The first-order valence-corrected chi connectivity index (χ1v) is 16.9. The van der Waals surface area contributed by atoms with Gasteiger partial charge in [0.2, 0.25) is 5.91 Å². The predicted octanol–water partition coefficient (Wildman–Crippen LogP) is 0.500. The molecule has 0 aromatic heterocycles. The van der Waals surface area contributed by atoms with E-state index in [-0.39, 0.29) is 45.2 Å². The van der Waals surface area contributed by atoms with Gasteiger partial charge < -0.3 is 41.9 Å². The Morgan fingerprint density at radius 1 is 0.702 bits per heavy atom. The number of nitrogens with one attached hydrogen (secondary N) is 3. The average Bonchev–Trinajstić information content (AvgIpc) is 3.00. The molecule has 15 heteroatoms. The smallest absolute Gasteiger partial charge is 0.407 e. The van der Waals surface area contributed by atoms with E-state index >= 15 is 0 Å². The molecular weight excluding hydrogens is 608 g/mol. The number of nitrogens with two attached hydrogens (primary N) is 1. The van der Waals surface area contributed by atoms with Crippen molar-refractivity contribution in [1.29, 1.82) is 0 Å². The molecule has 0 saturated carbocycles. The zero-order valence-corrected chi connectivity index (χ0v) is 28.6. The molecule has 15 nitrogen and oxygen atoms in total. The number of hydrogen-bond acceptors (Lipinski definition) is 10. The van der Waals surface area contributed by atoms with Crippen molar-refractivity contribution in [1.82, 2.24) is 35.6 Å². The monoisotopic (exact) mass is 668 g/mol. The standard InChI is InChI=1S/C32H60N8O7/c1-3-28(23-35-14-8-13-34-12-5-4-11-33)10-9-27(2)36-29(41)24-37-15-6-7-16-40(32(46)47)22-21-39(26-31(44)45)20-19-38(18-17-37)25-30(42)43/h9-10,34-35H,3-8,11-26,33H2,1-2H3,(H,36,41)(H,42,43)(H,44,45)(H,46,47)/b27-9+,28-10+. The first kappa shape index (κ1) is 41.9. The number of rotatable bonds is 19. The zero-order chi connectivity index (χ0) is 34.9. The summed E-state index contributed by atoms with van der Waals surface area (Å²) in [5.41, 5.74) is 7.45. The molecule has 0 radical (unpaired) electrons. The van der Waals surface area contributed by atoms with Gasteiger partial charge in [-0.1, -0.05) is 18.6 Å². The van der Waals surface area contributed by atoms with E-state index in [4.69, 9.17) is 5.73 Å². The number of aliphatic carboxylic acids is 2. The molecule has 1 aliphatic rings. The van der Waals surface area contributed by atoms with E-state index in [1.807, 2.05) is 24.0 Å². The van der Waals surface area contributed by atoms with E-state index in [9.17, 15) is 34.5 Å². The lowest BCUT2D eigenvalue weighted by molar-refractivity contribution is -0.140. The summed E-state index contributed by atoms with van der Waals surface area (Å²) >= 11 is 0. The summed E-state index contributed by atoms with van der Waals surface area (Å²) in [4.78, 5) is 54.3. The van der Waals surface area contributed by atoms with Crippen molar-refractivity contribution in [3.8, 4) is 0 Å². The molecule has 1 saturated heterocycles. The fourth-order valence-electron chi connectivity index (χ4n) is 5.12. The van der Waals surface area contributed by atoms with Crippen molar-refractivity contribution < 1.29 is 34.5 Å². The summed E-state index contributed by atoms with van der Waals surface area (Å²) in [7, 11) is 0. The summed E-state index contributed by atoms with van der Waals surface area (Å²) < 4.78 is 0. The van der Waals surface area contributed by atoms with Crippen LogP contribution in [0.3, 0.4) is 0 Å². The quantitative estimate of drug-likeness (QED) is 0.0741. The third-order valence-corrected chi connectivity index (χ3v) is 7.89. The number of carbonyl (C=O) groups excluding carboxylic acids is 1. The van der Waals surface area contributed by atoms with Gasteiger partial charge in [-0.3, -0.25) is 29.1 Å². The minimum absolute atomic E-state index is 0.103. The van der Waals surface area contributed by atoms with Gasteiger partial charge in [-0.05, 0) is 84.2 Å². The summed E-state index contributed by atoms with van der Waals surface area (Å²) in [6, 6.07) is 0. The summed E-state index contributed by atoms with van der Waals surface area (Å²) in [5, 5.41) is 38.3. The van der Waals surface area contributed by atoms with E-state index in [2.05, 4.69) is 22.9 Å². The lowest BCUT2D eigenvalue weighted by Gasteiger charge is -2.30. The fraction of sp³-hybridized carbons (Fsp3) is 0.750. The molecule has 1 rings (SSSR count). The minimum Gasteiger partial charge on any atom is -0.480 e. The molecule has 1 aliphatic heterocycles. The van der Waals surface area contributed by atoms with Crippen LogP contribution in [0.15, 0.2) is 23.4 Å². The topological polar surface area (TPSA) is 204 Å². The molecule has 47 heavy (non-hydrogen) atoms. The van der Waals surface area contributed by atoms with E-state index < -0.39 is 18.0 Å². The van der Waals surface area contributed by atoms with Crippen LogP contribution in [-0.2, 0) is 14.4 Å². The number of nitrogens with zero attached hydrogens (tertiary/aromatic N) is 4. The molecule has 0 atom stereocenters. The van der Waals surface area contributed by atoms with Gasteiger partial charge in [0.15, 0.2) is 0 Å². The molecule has 0 aliphatic carbocycles. The van der Waals surface area contributed by atoms with Crippen LogP contribution in [0.1, 0.15) is 52.4 Å². The molecule has 270 valence electrons. The second kappa shape index (κ2) is 25.9. The number of carboxylic acid groups (broad SMARTS) is 3. The number of unbranched alkanes of at least 4 members (excludes halogenated alkanes) is 1. The van der Waals surface area contributed by atoms with Crippen molar-refractivity contribution in [2.75, 3.05) is 105 Å². The largest absolute Gasteiger partial charge is 0.480 e. The molecule has 0 spiro atoms. The van der Waals surface area contributed by atoms with Crippen LogP contribution in [0, 0.1) is 0 Å². The Morgan fingerprint density at radius 2 is 1.26 bits per heavy atom. The Balaban J connectivity index is 2.76. The Labute approximate surface area is 280 Å². The van der Waals surface area contributed by atoms with Crippen molar-refractivity contribution in [3.05, 3.63) is 23.4 Å². The van der Waals surface area contributed by atoms with Gasteiger partial charge in [0.1, 0.15) is 0 Å². The lowest BCUT2D eigenvalue weighted by Crippen LogP contribution is -2.47. The highest BCUT2D eigenvalue weighted by atomic mass is 16.4. The maximum absolute atomic E-state index is 13.0. The molecule has 0 aromatic carbocycles. The van der Waals surface area contributed by atoms with Crippen LogP contribution in [0.2, 0.25) is 0 Å². The highest BCUT2D eigenvalue weighted by Crippen LogP contribution is 2.05. The van der Waals surface area contributed by atoms with E-state index in [1.54, 1.807) is 9.80 Å². The second-order valence-electron chi connectivity index (χ2n) is 11.9. The molecular formula is C32H60N8O7. The predicted molar refractivity (Wildman–Crippen MR) is 182 cm³/mol. The van der Waals surface area contributed by atoms with Gasteiger partial charge in [-0.15, -0.1) is 0 Å². The fourth-order valence-corrected chi connectivity index (χ4v) is 5.12. The number of hydrogen-bond donors (Lipinski definition) is 7. The lowest BCUT2D eigenvalue weighted by atomic mass is 10.2. The highest BCUT2D eigenvalue weighted by molar-refractivity contribution is 5.79. The maximum atomic E-state index is 13.0. The van der Waals surface area contributed by atoms with Gasteiger partial charge in [0.05, 0.1) is 19.6 Å². The maximum Gasteiger partial charge on any atom is 0.407 e. The summed E-state index contributed by atoms with van der Waals surface area (Å²) in [6.45, 7) is 10.5. The molecule has 2 amide bonds. The number of carboxylic acids is 2. The number of allylic oxidation sites excluding steroid dienone is 3. The molecule has 0 bridgehead atoms. The van der Waals surface area contributed by atoms with Gasteiger partial charge >= 0.3 is 18.0 Å². The van der Waals surface area contributed by atoms with Crippen LogP contribution in [0.25, 0.3) is 0 Å². The van der Waals surface area contributed by atoms with E-state index in [1.165, 1.54) is 10.5 Å². The van der Waals surface area contributed by atoms with E-state index in [0.29, 0.717) is 51.3 Å². The van der Waals surface area contributed by atoms with Gasteiger partial charge in [0, 0.05) is 58.1 Å². The molecule has 0 unspecified atom stereocenters. The molecule has 8 N–H and O–H groups in total.